The molecule has 0 unspecified atom stereocenters. The lowest BCUT2D eigenvalue weighted by atomic mass is 9.99. The largest absolute Gasteiger partial charge is 0.459 e. The minimum Gasteiger partial charge on any atom is -0.459 e. The molecule has 13 nitrogen and oxygen atoms in total. The lowest BCUT2D eigenvalue weighted by molar-refractivity contribution is -0.374. The molecule has 21 heteroatoms. The Kier molecular flexibility index (Phi) is 21.9. The molecule has 0 atom stereocenters. The standard InChI is InChI=1S/C12H10F8O4.C12H10O4.C11H16O5/c1-3-7(21)23-5-9(13,14)11(17,18)12(19,20)10(15,16)6-24-8(22)4-2;1-3-11(13)15-9-6-5-7-10(8-9)16-12(14)4-2;1-7(2)10(13)15-5-9(12)6-16-11(14)8(3)4/h3-4H,1-2,5-6H2;3-8H,1-2H2;9,12H,1,3,5-6H2,2,4H3. The van der Waals surface area contributed by atoms with Gasteiger partial charge in [-0.05, 0) is 26.0 Å². The molecule has 0 aliphatic heterocycles. The van der Waals surface area contributed by atoms with Crippen LogP contribution in [-0.4, -0.2) is 97.1 Å². The first-order valence-corrected chi connectivity index (χ1v) is 14.9. The summed E-state index contributed by atoms with van der Waals surface area (Å²) in [5.74, 6) is -30.1. The fraction of sp³-hybridized carbons (Fsp3) is 0.314. The van der Waals surface area contributed by atoms with Crippen LogP contribution in [0.2, 0.25) is 0 Å². The minimum atomic E-state index is -6.65. The van der Waals surface area contributed by atoms with Crippen molar-refractivity contribution < 1.29 is 97.4 Å². The molecule has 0 aliphatic carbocycles. The van der Waals surface area contributed by atoms with Gasteiger partial charge in [-0.1, -0.05) is 45.5 Å². The summed E-state index contributed by atoms with van der Waals surface area (Å²) in [5.41, 5.74) is 0.484. The maximum absolute atomic E-state index is 13.3. The number of benzene rings is 1. The fourth-order valence-corrected chi connectivity index (χ4v) is 2.64. The predicted molar refractivity (Wildman–Crippen MR) is 178 cm³/mol. The van der Waals surface area contributed by atoms with E-state index in [2.05, 4.69) is 58.4 Å². The van der Waals surface area contributed by atoms with E-state index >= 15 is 0 Å². The van der Waals surface area contributed by atoms with Gasteiger partial charge in [-0.3, -0.25) is 0 Å². The van der Waals surface area contributed by atoms with Gasteiger partial charge in [0.1, 0.15) is 30.8 Å². The number of carbonyl (C=O) groups excluding carboxylic acids is 6. The Balaban J connectivity index is 0. The Morgan fingerprint density at radius 1 is 0.607 bits per heavy atom. The van der Waals surface area contributed by atoms with Crippen LogP contribution in [0.4, 0.5) is 35.1 Å². The average molecular weight is 817 g/mol. The summed E-state index contributed by atoms with van der Waals surface area (Å²) in [6.07, 6.45) is 1.56. The van der Waals surface area contributed by atoms with Crippen LogP contribution in [0, 0.1) is 0 Å². The fourth-order valence-electron chi connectivity index (χ4n) is 2.64. The zero-order valence-electron chi connectivity index (χ0n) is 29.6. The molecule has 1 aromatic carbocycles. The first-order valence-electron chi connectivity index (χ1n) is 14.9. The summed E-state index contributed by atoms with van der Waals surface area (Å²) in [6, 6.07) is 6.14. The van der Waals surface area contributed by atoms with E-state index in [-0.39, 0.29) is 48.0 Å². The van der Waals surface area contributed by atoms with Crippen molar-refractivity contribution in [3.8, 4) is 11.5 Å². The zero-order chi connectivity index (χ0) is 44.1. The van der Waals surface area contributed by atoms with Crippen molar-refractivity contribution >= 4 is 35.8 Å². The van der Waals surface area contributed by atoms with Crippen LogP contribution in [0.25, 0.3) is 0 Å². The molecular formula is C35H36F8O13. The molecule has 1 rings (SSSR count). The van der Waals surface area contributed by atoms with Crippen LogP contribution in [0.5, 0.6) is 11.5 Å². The number of rotatable bonds is 19. The van der Waals surface area contributed by atoms with Crippen molar-refractivity contribution in [1.29, 1.82) is 0 Å². The first kappa shape index (κ1) is 52.0. The van der Waals surface area contributed by atoms with Crippen molar-refractivity contribution in [3.05, 3.63) is 99.2 Å². The van der Waals surface area contributed by atoms with Crippen LogP contribution >= 0.6 is 0 Å². The quantitative estimate of drug-likeness (QED) is 0.0614. The molecule has 0 spiro atoms. The smallest absolute Gasteiger partial charge is 0.381 e. The molecule has 0 radical (unpaired) electrons. The number of halogens is 8. The van der Waals surface area contributed by atoms with Gasteiger partial charge >= 0.3 is 59.5 Å². The van der Waals surface area contributed by atoms with Crippen LogP contribution in [0.1, 0.15) is 13.8 Å². The van der Waals surface area contributed by atoms with E-state index in [1.165, 1.54) is 19.9 Å². The van der Waals surface area contributed by atoms with E-state index in [1.807, 2.05) is 0 Å². The lowest BCUT2D eigenvalue weighted by Gasteiger charge is -2.36. The second kappa shape index (κ2) is 23.6. The topological polar surface area (TPSA) is 178 Å². The highest BCUT2D eigenvalue weighted by atomic mass is 19.4. The van der Waals surface area contributed by atoms with Crippen molar-refractivity contribution in [1.82, 2.24) is 0 Å². The summed E-state index contributed by atoms with van der Waals surface area (Å²) in [4.78, 5) is 64.7. The molecule has 0 bridgehead atoms. The summed E-state index contributed by atoms with van der Waals surface area (Å²) in [5, 5.41) is 9.30. The minimum absolute atomic E-state index is 0.241. The van der Waals surface area contributed by atoms with E-state index in [4.69, 9.17) is 9.47 Å². The van der Waals surface area contributed by atoms with Crippen molar-refractivity contribution in [2.45, 2.75) is 43.6 Å². The van der Waals surface area contributed by atoms with Crippen molar-refractivity contribution in [3.63, 3.8) is 0 Å². The van der Waals surface area contributed by atoms with Crippen LogP contribution < -0.4 is 9.47 Å². The number of aliphatic hydroxyl groups excluding tert-OH is 1. The van der Waals surface area contributed by atoms with Crippen LogP contribution in [0.15, 0.2) is 99.2 Å². The highest BCUT2D eigenvalue weighted by Crippen LogP contribution is 2.52. The Hall–Kier alpha value is -6.12. The Morgan fingerprint density at radius 2 is 0.911 bits per heavy atom. The molecule has 0 aliphatic rings. The highest BCUT2D eigenvalue weighted by molar-refractivity contribution is 5.87. The highest BCUT2D eigenvalue weighted by Gasteiger charge is 2.81. The third-order valence-electron chi connectivity index (χ3n) is 5.52. The number of alkyl halides is 8. The van der Waals surface area contributed by atoms with Crippen LogP contribution in [-0.2, 0) is 47.7 Å². The van der Waals surface area contributed by atoms with E-state index in [1.54, 1.807) is 18.2 Å². The van der Waals surface area contributed by atoms with Gasteiger partial charge in [0, 0.05) is 41.5 Å². The van der Waals surface area contributed by atoms with E-state index in [0.717, 1.165) is 12.2 Å². The second-order valence-corrected chi connectivity index (χ2v) is 10.3. The molecule has 0 amide bonds. The summed E-state index contributed by atoms with van der Waals surface area (Å²) >= 11 is 0. The lowest BCUT2D eigenvalue weighted by Crippen LogP contribution is -2.64. The van der Waals surface area contributed by atoms with Gasteiger partial charge < -0.3 is 33.5 Å². The Labute approximate surface area is 314 Å². The van der Waals surface area contributed by atoms with E-state index < -0.39 is 78.8 Å². The van der Waals surface area contributed by atoms with Gasteiger partial charge in [0.25, 0.3) is 0 Å². The normalized spacial score (nSPS) is 11.0. The monoisotopic (exact) mass is 816 g/mol. The molecule has 0 heterocycles. The van der Waals surface area contributed by atoms with Gasteiger partial charge in [0.15, 0.2) is 13.2 Å². The number of esters is 6. The first-order chi connectivity index (χ1) is 25.7. The maximum atomic E-state index is 13.3. The van der Waals surface area contributed by atoms with Gasteiger partial charge in [-0.2, -0.15) is 35.1 Å². The third kappa shape index (κ3) is 17.8. The van der Waals surface area contributed by atoms with E-state index in [0.29, 0.717) is 0 Å². The molecule has 1 aromatic rings. The molecular weight excluding hydrogens is 780 g/mol. The number of ether oxygens (including phenoxy) is 6. The molecule has 56 heavy (non-hydrogen) atoms. The van der Waals surface area contributed by atoms with Gasteiger partial charge in [0.2, 0.25) is 0 Å². The molecule has 0 saturated carbocycles. The summed E-state index contributed by atoms with van der Waals surface area (Å²) in [6.45, 7) is 16.0. The molecule has 0 aromatic heterocycles. The summed E-state index contributed by atoms with van der Waals surface area (Å²) in [7, 11) is 0. The third-order valence-corrected chi connectivity index (χ3v) is 5.52. The Morgan fingerprint density at radius 3 is 1.18 bits per heavy atom. The van der Waals surface area contributed by atoms with Crippen molar-refractivity contribution in [2.24, 2.45) is 0 Å². The summed E-state index contributed by atoms with van der Waals surface area (Å²) < 4.78 is 132. The van der Waals surface area contributed by atoms with E-state index in [9.17, 15) is 69.0 Å². The van der Waals surface area contributed by atoms with Crippen LogP contribution in [0.3, 0.4) is 0 Å². The molecule has 0 saturated heterocycles. The van der Waals surface area contributed by atoms with Gasteiger partial charge in [-0.25, -0.2) is 28.8 Å². The number of hydrogen-bond acceptors (Lipinski definition) is 13. The number of carbonyl (C=O) groups is 6. The number of hydrogen-bond donors (Lipinski definition) is 1. The Bertz CT molecular complexity index is 1530. The average Bonchev–Trinajstić information content (AvgIpc) is 3.13. The number of aliphatic hydroxyl groups is 1. The zero-order valence-corrected chi connectivity index (χ0v) is 29.6. The molecule has 310 valence electrons. The maximum Gasteiger partial charge on any atom is 0.381 e. The predicted octanol–water partition coefficient (Wildman–Crippen LogP) is 5.44. The van der Waals surface area contributed by atoms with Gasteiger partial charge in [0.05, 0.1) is 0 Å². The SMILES string of the molecule is C=C(C)C(=O)OCC(O)COC(=O)C(=C)C.C=CC(=O)OCC(F)(F)C(F)(F)C(F)(F)C(F)(F)COC(=O)C=C.C=CC(=O)Oc1cccc(OC(=O)C=C)c1. The van der Waals surface area contributed by atoms with Crippen molar-refractivity contribution in [2.75, 3.05) is 26.4 Å². The second-order valence-electron chi connectivity index (χ2n) is 10.3. The molecule has 1 N–H and O–H groups in total. The van der Waals surface area contributed by atoms with Gasteiger partial charge in [-0.15, -0.1) is 0 Å². The molecule has 0 fully saturated rings.